The standard InChI is InChI=1S/C2H8N2.C2H7NS/c2*3-1-2-4/h1-4H2;4H,1-3H2. The van der Waals surface area contributed by atoms with Crippen molar-refractivity contribution < 1.29 is 0 Å². The Hall–Kier alpha value is 0.230. The molecule has 8 heavy (non-hydrogen) atoms. The van der Waals surface area contributed by atoms with Crippen molar-refractivity contribution in [3.05, 3.63) is 0 Å². The van der Waals surface area contributed by atoms with Crippen LogP contribution >= 0.6 is 12.6 Å². The van der Waals surface area contributed by atoms with Gasteiger partial charge in [0, 0.05) is 25.4 Å². The fourth-order valence-electron chi connectivity index (χ4n) is 0. The zero-order valence-corrected chi connectivity index (χ0v) is 5.90. The average Bonchev–Trinajstić information content (AvgIpc) is 1.88. The van der Waals surface area contributed by atoms with Crippen molar-refractivity contribution in [2.45, 2.75) is 0 Å². The highest BCUT2D eigenvalue weighted by atomic mass is 32.1. The van der Waals surface area contributed by atoms with E-state index in [2.05, 4.69) is 12.6 Å². The number of rotatable bonds is 2. The minimum atomic E-state index is 0.597. The molecule has 4 heteroatoms. The fraction of sp³-hybridized carbons (Fsp3) is 1.00. The lowest BCUT2D eigenvalue weighted by atomic mass is 10.7. The van der Waals surface area contributed by atoms with Crippen LogP contribution in [0, 0.1) is 0 Å². The van der Waals surface area contributed by atoms with E-state index in [0.29, 0.717) is 19.6 Å². The van der Waals surface area contributed by atoms with E-state index in [1.54, 1.807) is 0 Å². The van der Waals surface area contributed by atoms with Crippen LogP contribution in [0.5, 0.6) is 0 Å². The van der Waals surface area contributed by atoms with Crippen molar-refractivity contribution in [2.75, 3.05) is 25.4 Å². The lowest BCUT2D eigenvalue weighted by Crippen LogP contribution is -2.11. The lowest BCUT2D eigenvalue weighted by molar-refractivity contribution is 0.976. The van der Waals surface area contributed by atoms with Crippen molar-refractivity contribution in [3.63, 3.8) is 0 Å². The van der Waals surface area contributed by atoms with Gasteiger partial charge in [0.1, 0.15) is 0 Å². The highest BCUT2D eigenvalue weighted by Crippen LogP contribution is 1.58. The van der Waals surface area contributed by atoms with Crippen LogP contribution in [0.4, 0.5) is 0 Å². The van der Waals surface area contributed by atoms with E-state index in [9.17, 15) is 0 Å². The van der Waals surface area contributed by atoms with Gasteiger partial charge in [-0.15, -0.1) is 0 Å². The number of hydrogen-bond acceptors (Lipinski definition) is 4. The maximum Gasteiger partial charge on any atom is 0.00461 e. The molecule has 3 nitrogen and oxygen atoms in total. The molecule has 0 aliphatic rings. The van der Waals surface area contributed by atoms with Crippen LogP contribution < -0.4 is 17.2 Å². The Morgan fingerprint density at radius 2 is 1.12 bits per heavy atom. The molecule has 0 aromatic carbocycles. The van der Waals surface area contributed by atoms with Crippen LogP contribution in [0.3, 0.4) is 0 Å². The number of hydrogen-bond donors (Lipinski definition) is 4. The highest BCUT2D eigenvalue weighted by molar-refractivity contribution is 7.80. The van der Waals surface area contributed by atoms with E-state index in [4.69, 9.17) is 17.2 Å². The van der Waals surface area contributed by atoms with Gasteiger partial charge in [-0.05, 0) is 0 Å². The topological polar surface area (TPSA) is 78.1 Å². The first kappa shape index (κ1) is 11.1. The molecule has 0 saturated carbocycles. The summed E-state index contributed by atoms with van der Waals surface area (Å²) in [4.78, 5) is 0. The molecule has 0 atom stereocenters. The molecular weight excluding hydrogens is 122 g/mol. The summed E-state index contributed by atoms with van der Waals surface area (Å²) in [5, 5.41) is 0. The second-order valence-electron chi connectivity index (χ2n) is 1.09. The minimum absolute atomic E-state index is 0.597. The largest absolute Gasteiger partial charge is 0.330 e. The zero-order chi connectivity index (χ0) is 6.83. The Morgan fingerprint density at radius 1 is 0.875 bits per heavy atom. The van der Waals surface area contributed by atoms with Gasteiger partial charge in [0.25, 0.3) is 0 Å². The first-order valence-electron chi connectivity index (χ1n) is 2.54. The first-order chi connectivity index (χ1) is 3.83. The van der Waals surface area contributed by atoms with Gasteiger partial charge in [-0.25, -0.2) is 0 Å². The Bertz CT molecular complexity index is 19.2. The van der Waals surface area contributed by atoms with E-state index in [1.165, 1.54) is 0 Å². The molecule has 0 aromatic heterocycles. The summed E-state index contributed by atoms with van der Waals surface area (Å²) in [6, 6.07) is 0. The zero-order valence-electron chi connectivity index (χ0n) is 5.01. The third-order valence-corrected chi connectivity index (χ3v) is 0.554. The molecule has 0 aliphatic carbocycles. The molecule has 0 radical (unpaired) electrons. The summed E-state index contributed by atoms with van der Waals surface area (Å²) in [5.41, 5.74) is 14.8. The maximum absolute atomic E-state index is 4.95. The molecule has 0 aliphatic heterocycles. The second kappa shape index (κ2) is 15.7. The fourth-order valence-corrected chi connectivity index (χ4v) is 0. The molecule has 0 amide bonds. The summed E-state index contributed by atoms with van der Waals surface area (Å²) >= 11 is 3.80. The Labute approximate surface area is 56.0 Å². The van der Waals surface area contributed by atoms with Gasteiger partial charge < -0.3 is 17.2 Å². The summed E-state index contributed by atoms with van der Waals surface area (Å²) in [6.07, 6.45) is 0. The van der Waals surface area contributed by atoms with Crippen LogP contribution in [0.15, 0.2) is 0 Å². The average molecular weight is 137 g/mol. The highest BCUT2D eigenvalue weighted by Gasteiger charge is 1.56. The molecule has 0 aromatic rings. The Morgan fingerprint density at radius 3 is 1.12 bits per heavy atom. The predicted octanol–water partition coefficient (Wildman–Crippen LogP) is -1.22. The number of nitrogens with two attached hydrogens (primary N) is 3. The van der Waals surface area contributed by atoms with Crippen molar-refractivity contribution in [1.82, 2.24) is 0 Å². The summed E-state index contributed by atoms with van der Waals surface area (Å²) in [6.45, 7) is 1.88. The molecule has 0 rings (SSSR count). The summed E-state index contributed by atoms with van der Waals surface area (Å²) in [5.74, 6) is 0.792. The van der Waals surface area contributed by atoms with Gasteiger partial charge in [0.05, 0.1) is 0 Å². The van der Waals surface area contributed by atoms with Crippen LogP contribution in [0.1, 0.15) is 0 Å². The molecule has 52 valence electrons. The molecule has 0 unspecified atom stereocenters. The van der Waals surface area contributed by atoms with Gasteiger partial charge in [0.2, 0.25) is 0 Å². The van der Waals surface area contributed by atoms with Gasteiger partial charge in [-0.3, -0.25) is 0 Å². The molecule has 0 fully saturated rings. The number of thiol groups is 1. The van der Waals surface area contributed by atoms with E-state index < -0.39 is 0 Å². The van der Waals surface area contributed by atoms with E-state index in [0.717, 1.165) is 5.75 Å². The summed E-state index contributed by atoms with van der Waals surface area (Å²) in [7, 11) is 0. The van der Waals surface area contributed by atoms with Crippen molar-refractivity contribution in [1.29, 1.82) is 0 Å². The SMILES string of the molecule is NCCN.NCCS. The second-order valence-corrected chi connectivity index (χ2v) is 1.54. The molecular formula is C4H15N3S. The first-order valence-corrected chi connectivity index (χ1v) is 3.17. The molecule has 0 bridgehead atoms. The monoisotopic (exact) mass is 137 g/mol. The van der Waals surface area contributed by atoms with Crippen LogP contribution in [0.2, 0.25) is 0 Å². The lowest BCUT2D eigenvalue weighted by Gasteiger charge is -1.72. The minimum Gasteiger partial charge on any atom is -0.330 e. The van der Waals surface area contributed by atoms with Crippen LogP contribution in [-0.2, 0) is 0 Å². The van der Waals surface area contributed by atoms with Gasteiger partial charge >= 0.3 is 0 Å². The van der Waals surface area contributed by atoms with Gasteiger partial charge in [0.15, 0.2) is 0 Å². The van der Waals surface area contributed by atoms with Crippen molar-refractivity contribution >= 4 is 12.6 Å². The molecule has 0 saturated heterocycles. The quantitative estimate of drug-likeness (QED) is 0.360. The summed E-state index contributed by atoms with van der Waals surface area (Å²) < 4.78 is 0. The maximum atomic E-state index is 4.95. The van der Waals surface area contributed by atoms with Crippen molar-refractivity contribution in [2.24, 2.45) is 17.2 Å². The normalized spacial score (nSPS) is 7.50. The molecule has 6 N–H and O–H groups in total. The molecule has 0 heterocycles. The van der Waals surface area contributed by atoms with Gasteiger partial charge in [-0.1, -0.05) is 0 Å². The van der Waals surface area contributed by atoms with E-state index in [-0.39, 0.29) is 0 Å². The van der Waals surface area contributed by atoms with E-state index in [1.807, 2.05) is 0 Å². The van der Waals surface area contributed by atoms with E-state index >= 15 is 0 Å². The van der Waals surface area contributed by atoms with Gasteiger partial charge in [-0.2, -0.15) is 12.6 Å². The smallest absolute Gasteiger partial charge is 0.00461 e. The third-order valence-electron chi connectivity index (χ3n) is 0.296. The molecule has 0 spiro atoms. The third kappa shape index (κ3) is 34.3. The predicted molar refractivity (Wildman–Crippen MR) is 41.0 cm³/mol. The Balaban J connectivity index is 0. The van der Waals surface area contributed by atoms with Crippen LogP contribution in [-0.4, -0.2) is 25.4 Å². The Kier molecular flexibility index (Phi) is 21.7. The van der Waals surface area contributed by atoms with Crippen molar-refractivity contribution in [3.8, 4) is 0 Å². The van der Waals surface area contributed by atoms with Crippen LogP contribution in [0.25, 0.3) is 0 Å².